The minimum Gasteiger partial charge on any atom is -0.480 e. The second kappa shape index (κ2) is 4.92. The Morgan fingerprint density at radius 3 is 2.69 bits per heavy atom. The fourth-order valence-electron chi connectivity index (χ4n) is 2.00. The number of hydrogen-bond donors (Lipinski definition) is 0. The number of fused-ring (bicyclic) bond motifs is 1. The zero-order valence-corrected chi connectivity index (χ0v) is 12.6. The third-order valence-electron chi connectivity index (χ3n) is 2.83. The molecule has 0 N–H and O–H groups in total. The number of aryl methyl sites for hydroxylation is 1. The number of pyridine rings is 1. The molecule has 0 bridgehead atoms. The molecule has 0 saturated carbocycles. The van der Waals surface area contributed by atoms with E-state index in [0.29, 0.717) is 5.88 Å². The van der Waals surface area contributed by atoms with Gasteiger partial charge in [-0.25, -0.2) is 4.98 Å². The number of aromatic nitrogens is 1. The lowest BCUT2D eigenvalue weighted by atomic mass is 10.2. The Balaban J connectivity index is 2.59. The van der Waals surface area contributed by atoms with Crippen molar-refractivity contribution >= 4 is 37.5 Å². The Bertz CT molecular complexity index is 409. The van der Waals surface area contributed by atoms with Gasteiger partial charge >= 0.3 is 0 Å². The molecule has 0 aliphatic carbocycles. The van der Waals surface area contributed by atoms with Gasteiger partial charge in [-0.05, 0) is 51.1 Å². The molecule has 2 heterocycles. The summed E-state index contributed by atoms with van der Waals surface area (Å²) >= 11 is 7.14. The number of ether oxygens (including phenoxy) is 1. The maximum atomic E-state index is 5.26. The van der Waals surface area contributed by atoms with Gasteiger partial charge in [0.1, 0.15) is 0 Å². The van der Waals surface area contributed by atoms with Crippen molar-refractivity contribution < 1.29 is 4.74 Å². The van der Waals surface area contributed by atoms with Crippen molar-refractivity contribution in [3.05, 3.63) is 14.6 Å². The van der Waals surface area contributed by atoms with E-state index in [9.17, 15) is 0 Å². The van der Waals surface area contributed by atoms with Gasteiger partial charge in [0, 0.05) is 13.6 Å². The third-order valence-corrected chi connectivity index (χ3v) is 4.87. The molecular formula is C11H14Br2N2O. The molecule has 1 aromatic rings. The molecule has 5 heteroatoms. The van der Waals surface area contributed by atoms with E-state index in [0.717, 1.165) is 27.6 Å². The van der Waals surface area contributed by atoms with Gasteiger partial charge < -0.3 is 9.64 Å². The van der Waals surface area contributed by atoms with E-state index in [1.807, 2.05) is 0 Å². The van der Waals surface area contributed by atoms with Gasteiger partial charge in [0.25, 0.3) is 0 Å². The molecule has 0 radical (unpaired) electrons. The zero-order valence-electron chi connectivity index (χ0n) is 9.39. The average molecular weight is 350 g/mol. The molecule has 0 saturated heterocycles. The van der Waals surface area contributed by atoms with Crippen molar-refractivity contribution in [2.45, 2.75) is 19.3 Å². The smallest absolute Gasteiger partial charge is 0.229 e. The Morgan fingerprint density at radius 1 is 1.25 bits per heavy atom. The molecule has 1 aliphatic heterocycles. The Morgan fingerprint density at radius 2 is 2.00 bits per heavy atom. The van der Waals surface area contributed by atoms with Crippen molar-refractivity contribution in [2.75, 3.05) is 25.6 Å². The molecule has 1 aromatic heterocycles. The van der Waals surface area contributed by atoms with Crippen LogP contribution < -0.4 is 9.64 Å². The highest BCUT2D eigenvalue weighted by molar-refractivity contribution is 9.13. The first-order valence-electron chi connectivity index (χ1n) is 5.28. The van der Waals surface area contributed by atoms with E-state index in [1.165, 1.54) is 18.5 Å². The summed E-state index contributed by atoms with van der Waals surface area (Å²) in [4.78, 5) is 6.82. The molecular weight excluding hydrogens is 336 g/mol. The van der Waals surface area contributed by atoms with Gasteiger partial charge in [0.05, 0.1) is 27.4 Å². The molecule has 3 nitrogen and oxygen atoms in total. The summed E-state index contributed by atoms with van der Waals surface area (Å²) in [6.45, 7) is 1.08. The fraction of sp³-hybridized carbons (Fsp3) is 0.545. The monoisotopic (exact) mass is 348 g/mol. The van der Waals surface area contributed by atoms with E-state index in [2.05, 4.69) is 48.8 Å². The fourth-order valence-corrected chi connectivity index (χ4v) is 3.14. The van der Waals surface area contributed by atoms with Crippen LogP contribution in [0.3, 0.4) is 0 Å². The van der Waals surface area contributed by atoms with Gasteiger partial charge in [-0.2, -0.15) is 0 Å². The molecule has 2 rings (SSSR count). The summed E-state index contributed by atoms with van der Waals surface area (Å²) in [5, 5.41) is 0. The van der Waals surface area contributed by atoms with Crippen LogP contribution in [0, 0.1) is 0 Å². The minimum absolute atomic E-state index is 0.654. The molecule has 0 unspecified atom stereocenters. The third kappa shape index (κ3) is 2.07. The number of methoxy groups -OCH3 is 1. The lowest BCUT2D eigenvalue weighted by Crippen LogP contribution is -2.19. The van der Waals surface area contributed by atoms with Crippen LogP contribution in [0.25, 0.3) is 0 Å². The largest absolute Gasteiger partial charge is 0.480 e. The molecule has 0 aromatic carbocycles. The molecule has 16 heavy (non-hydrogen) atoms. The van der Waals surface area contributed by atoms with Crippen LogP contribution in [0.4, 0.5) is 5.69 Å². The lowest BCUT2D eigenvalue weighted by Gasteiger charge is -2.21. The van der Waals surface area contributed by atoms with Crippen LogP contribution in [0.2, 0.25) is 0 Å². The molecule has 0 atom stereocenters. The summed E-state index contributed by atoms with van der Waals surface area (Å²) in [5.74, 6) is 0.654. The quantitative estimate of drug-likeness (QED) is 0.777. The van der Waals surface area contributed by atoms with Gasteiger partial charge in [0.2, 0.25) is 5.88 Å². The van der Waals surface area contributed by atoms with E-state index >= 15 is 0 Å². The number of rotatable bonds is 1. The first-order valence-corrected chi connectivity index (χ1v) is 6.86. The van der Waals surface area contributed by atoms with Crippen LogP contribution in [0.15, 0.2) is 8.95 Å². The van der Waals surface area contributed by atoms with Crippen molar-refractivity contribution in [3.63, 3.8) is 0 Å². The summed E-state index contributed by atoms with van der Waals surface area (Å²) in [7, 11) is 3.75. The average Bonchev–Trinajstić information content (AvgIpc) is 2.45. The number of halogens is 2. The predicted molar refractivity (Wildman–Crippen MR) is 72.4 cm³/mol. The SMILES string of the molecule is COc1nc2c(c(Br)c1Br)N(C)CCCC2. The van der Waals surface area contributed by atoms with E-state index < -0.39 is 0 Å². The Kier molecular flexibility index (Phi) is 3.74. The summed E-state index contributed by atoms with van der Waals surface area (Å²) in [5.41, 5.74) is 2.30. The maximum absolute atomic E-state index is 5.26. The van der Waals surface area contributed by atoms with Crippen molar-refractivity contribution in [1.29, 1.82) is 0 Å². The van der Waals surface area contributed by atoms with E-state index in [-0.39, 0.29) is 0 Å². The second-order valence-electron chi connectivity index (χ2n) is 3.92. The van der Waals surface area contributed by atoms with Crippen LogP contribution in [0.5, 0.6) is 5.88 Å². The Labute approximate surface area is 112 Å². The second-order valence-corrected chi connectivity index (χ2v) is 5.51. The van der Waals surface area contributed by atoms with Crippen molar-refractivity contribution in [2.24, 2.45) is 0 Å². The molecule has 0 spiro atoms. The highest BCUT2D eigenvalue weighted by Gasteiger charge is 2.21. The number of hydrogen-bond acceptors (Lipinski definition) is 3. The van der Waals surface area contributed by atoms with Crippen LogP contribution in [-0.2, 0) is 6.42 Å². The van der Waals surface area contributed by atoms with Crippen LogP contribution in [-0.4, -0.2) is 25.7 Å². The van der Waals surface area contributed by atoms with E-state index in [1.54, 1.807) is 7.11 Å². The number of anilines is 1. The van der Waals surface area contributed by atoms with Gasteiger partial charge in [-0.3, -0.25) is 0 Å². The van der Waals surface area contributed by atoms with Gasteiger partial charge in [0.15, 0.2) is 0 Å². The summed E-state index contributed by atoms with van der Waals surface area (Å²) < 4.78 is 7.19. The first kappa shape index (κ1) is 12.2. The summed E-state index contributed by atoms with van der Waals surface area (Å²) in [6.07, 6.45) is 3.41. The highest BCUT2D eigenvalue weighted by Crippen LogP contribution is 2.41. The molecule has 88 valence electrons. The maximum Gasteiger partial charge on any atom is 0.229 e. The van der Waals surface area contributed by atoms with Gasteiger partial charge in [-0.15, -0.1) is 0 Å². The van der Waals surface area contributed by atoms with E-state index in [4.69, 9.17) is 4.74 Å². The summed E-state index contributed by atoms with van der Waals surface area (Å²) in [6, 6.07) is 0. The predicted octanol–water partition coefficient (Wildman–Crippen LogP) is 3.39. The first-order chi connectivity index (χ1) is 7.65. The molecule has 1 aliphatic rings. The lowest BCUT2D eigenvalue weighted by molar-refractivity contribution is 0.393. The topological polar surface area (TPSA) is 25.4 Å². The number of nitrogens with zero attached hydrogens (tertiary/aromatic N) is 2. The van der Waals surface area contributed by atoms with Crippen LogP contribution in [0.1, 0.15) is 18.5 Å². The van der Waals surface area contributed by atoms with Crippen molar-refractivity contribution in [3.8, 4) is 5.88 Å². The molecule has 0 fully saturated rings. The standard InChI is InChI=1S/C11H14Br2N2O/c1-15-6-4-3-5-7-10(15)8(12)9(13)11(14-7)16-2/h3-6H2,1-2H3. The van der Waals surface area contributed by atoms with Gasteiger partial charge in [-0.1, -0.05) is 0 Å². The van der Waals surface area contributed by atoms with Crippen molar-refractivity contribution in [1.82, 2.24) is 4.98 Å². The zero-order chi connectivity index (χ0) is 11.7. The Hall–Kier alpha value is -0.290. The normalized spacial score (nSPS) is 15.6. The van der Waals surface area contributed by atoms with Crippen LogP contribution >= 0.6 is 31.9 Å². The molecule has 0 amide bonds. The minimum atomic E-state index is 0.654. The highest BCUT2D eigenvalue weighted by atomic mass is 79.9.